The molecule has 3 rings (SSSR count). The van der Waals surface area contributed by atoms with Gasteiger partial charge in [-0.15, -0.1) is 0 Å². The number of aromatic nitrogens is 2. The molecule has 1 aromatic heterocycles. The number of aryl methyl sites for hydroxylation is 2. The number of allylic oxidation sites excluding steroid dienone is 4. The number of aliphatic hydroxyl groups excluding tert-OH is 1. The van der Waals surface area contributed by atoms with Gasteiger partial charge in [0.05, 0.1) is 18.0 Å². The van der Waals surface area contributed by atoms with Gasteiger partial charge in [-0.3, -0.25) is 4.68 Å². The highest BCUT2D eigenvalue weighted by molar-refractivity contribution is 5.74. The van der Waals surface area contributed by atoms with Crippen LogP contribution in [0.3, 0.4) is 0 Å². The van der Waals surface area contributed by atoms with Gasteiger partial charge in [-0.25, -0.2) is 0 Å². The van der Waals surface area contributed by atoms with Gasteiger partial charge in [-0.2, -0.15) is 5.10 Å². The number of aliphatic hydroxyl groups is 1. The first kappa shape index (κ1) is 13.6. The van der Waals surface area contributed by atoms with Crippen LogP contribution in [0.5, 0.6) is 0 Å². The van der Waals surface area contributed by atoms with Gasteiger partial charge in [0.15, 0.2) is 0 Å². The molecule has 3 heteroatoms. The van der Waals surface area contributed by atoms with E-state index in [1.165, 1.54) is 16.8 Å². The van der Waals surface area contributed by atoms with E-state index in [1.54, 1.807) is 0 Å². The first-order valence-corrected chi connectivity index (χ1v) is 7.70. The molecule has 1 fully saturated rings. The zero-order valence-corrected chi connectivity index (χ0v) is 12.4. The van der Waals surface area contributed by atoms with Crippen LogP contribution in [0.25, 0.3) is 5.57 Å². The highest BCUT2D eigenvalue weighted by Gasteiger charge is 2.26. The van der Waals surface area contributed by atoms with E-state index in [-0.39, 0.29) is 6.10 Å². The van der Waals surface area contributed by atoms with Crippen molar-refractivity contribution in [3.8, 4) is 0 Å². The summed E-state index contributed by atoms with van der Waals surface area (Å²) in [6, 6.07) is 0. The molecule has 1 aromatic rings. The smallest absolute Gasteiger partial charge is 0.0704 e. The topological polar surface area (TPSA) is 38.0 Å². The highest BCUT2D eigenvalue weighted by Crippen LogP contribution is 2.37. The summed E-state index contributed by atoms with van der Waals surface area (Å²) in [4.78, 5) is 0. The second kappa shape index (κ2) is 5.57. The van der Waals surface area contributed by atoms with Crippen LogP contribution in [0.1, 0.15) is 43.4 Å². The van der Waals surface area contributed by atoms with Gasteiger partial charge in [0.2, 0.25) is 0 Å². The molecule has 0 aromatic carbocycles. The van der Waals surface area contributed by atoms with Crippen molar-refractivity contribution in [2.75, 3.05) is 0 Å². The molecule has 1 atom stereocenters. The lowest BCUT2D eigenvalue weighted by atomic mass is 9.75. The molecule has 1 unspecified atom stereocenters. The third-order valence-corrected chi connectivity index (χ3v) is 4.84. The average molecular weight is 272 g/mol. The van der Waals surface area contributed by atoms with Crippen molar-refractivity contribution in [2.45, 2.75) is 45.1 Å². The van der Waals surface area contributed by atoms with Gasteiger partial charge in [0.1, 0.15) is 0 Å². The summed E-state index contributed by atoms with van der Waals surface area (Å²) < 4.78 is 1.97. The monoisotopic (exact) mass is 272 g/mol. The minimum Gasteiger partial charge on any atom is -0.393 e. The molecule has 108 valence electrons. The van der Waals surface area contributed by atoms with E-state index in [0.29, 0.717) is 5.92 Å². The van der Waals surface area contributed by atoms with E-state index in [2.05, 4.69) is 30.3 Å². The number of rotatable bonds is 2. The van der Waals surface area contributed by atoms with Crippen molar-refractivity contribution in [1.82, 2.24) is 9.78 Å². The van der Waals surface area contributed by atoms with Gasteiger partial charge < -0.3 is 5.11 Å². The first-order chi connectivity index (χ1) is 9.65. The van der Waals surface area contributed by atoms with E-state index in [4.69, 9.17) is 0 Å². The fourth-order valence-electron chi connectivity index (χ4n) is 3.68. The van der Waals surface area contributed by atoms with Crippen LogP contribution in [0, 0.1) is 18.8 Å². The minimum atomic E-state index is -0.0619. The number of hydrogen-bond acceptors (Lipinski definition) is 2. The molecular weight excluding hydrogens is 248 g/mol. The Balaban J connectivity index is 1.81. The Bertz CT molecular complexity index is 514. The van der Waals surface area contributed by atoms with Crippen LogP contribution in [-0.4, -0.2) is 21.0 Å². The molecule has 1 saturated carbocycles. The largest absolute Gasteiger partial charge is 0.393 e. The fraction of sp³-hybridized carbons (Fsp3) is 0.588. The van der Waals surface area contributed by atoms with Crippen molar-refractivity contribution in [3.05, 3.63) is 35.7 Å². The Hall–Kier alpha value is -1.35. The molecule has 0 aliphatic heterocycles. The van der Waals surface area contributed by atoms with Crippen molar-refractivity contribution >= 4 is 5.57 Å². The Morgan fingerprint density at radius 2 is 2.00 bits per heavy atom. The molecule has 0 saturated heterocycles. The summed E-state index contributed by atoms with van der Waals surface area (Å²) in [5.74, 6) is 1.35. The quantitative estimate of drug-likeness (QED) is 0.897. The van der Waals surface area contributed by atoms with Gasteiger partial charge in [-0.05, 0) is 62.0 Å². The van der Waals surface area contributed by atoms with E-state index >= 15 is 0 Å². The molecule has 0 amide bonds. The predicted octanol–water partition coefficient (Wildman–Crippen LogP) is 3.24. The Morgan fingerprint density at radius 3 is 2.65 bits per heavy atom. The maximum absolute atomic E-state index is 9.66. The molecule has 2 aliphatic carbocycles. The highest BCUT2D eigenvalue weighted by atomic mass is 16.3. The van der Waals surface area contributed by atoms with Crippen molar-refractivity contribution in [1.29, 1.82) is 0 Å². The summed E-state index contributed by atoms with van der Waals surface area (Å²) in [6.07, 6.45) is 14.3. The molecule has 3 nitrogen and oxygen atoms in total. The molecule has 0 spiro atoms. The lowest BCUT2D eigenvalue weighted by Crippen LogP contribution is -2.24. The fourth-order valence-corrected chi connectivity index (χ4v) is 3.68. The Kier molecular flexibility index (Phi) is 3.79. The standard InChI is InChI=1S/C17H24N2O/c1-12-11-18-19(2)17(12)15-5-3-4-14(10-15)13-6-8-16(20)9-7-13/h3,5,10-11,13-14,16,20H,4,6-9H2,1-2H3. The van der Waals surface area contributed by atoms with Crippen LogP contribution in [0.15, 0.2) is 24.4 Å². The van der Waals surface area contributed by atoms with E-state index in [0.717, 1.165) is 38.0 Å². The summed E-state index contributed by atoms with van der Waals surface area (Å²) in [7, 11) is 2.01. The molecule has 0 bridgehead atoms. The third-order valence-electron chi connectivity index (χ3n) is 4.84. The van der Waals surface area contributed by atoms with Gasteiger partial charge >= 0.3 is 0 Å². The maximum Gasteiger partial charge on any atom is 0.0704 e. The van der Waals surface area contributed by atoms with Gasteiger partial charge in [0.25, 0.3) is 0 Å². The SMILES string of the molecule is Cc1cnn(C)c1C1=CC(C2CCC(O)CC2)CC=C1. The molecular formula is C17H24N2O. The Morgan fingerprint density at radius 1 is 1.25 bits per heavy atom. The van der Waals surface area contributed by atoms with Gasteiger partial charge in [0, 0.05) is 7.05 Å². The third kappa shape index (κ3) is 2.59. The molecule has 0 radical (unpaired) electrons. The zero-order valence-electron chi connectivity index (χ0n) is 12.4. The molecule has 20 heavy (non-hydrogen) atoms. The summed E-state index contributed by atoms with van der Waals surface area (Å²) in [5.41, 5.74) is 3.79. The van der Waals surface area contributed by atoms with Crippen LogP contribution in [0.2, 0.25) is 0 Å². The van der Waals surface area contributed by atoms with Crippen molar-refractivity contribution in [2.24, 2.45) is 18.9 Å². The Labute approximate surface area is 121 Å². The summed E-state index contributed by atoms with van der Waals surface area (Å²) >= 11 is 0. The number of nitrogens with zero attached hydrogens (tertiary/aromatic N) is 2. The molecule has 1 heterocycles. The van der Waals surface area contributed by atoms with E-state index in [9.17, 15) is 5.11 Å². The zero-order chi connectivity index (χ0) is 14.1. The van der Waals surface area contributed by atoms with E-state index < -0.39 is 0 Å². The molecule has 2 aliphatic rings. The maximum atomic E-state index is 9.66. The predicted molar refractivity (Wildman–Crippen MR) is 81.1 cm³/mol. The van der Waals surface area contributed by atoms with Crippen LogP contribution in [0.4, 0.5) is 0 Å². The summed E-state index contributed by atoms with van der Waals surface area (Å²) in [6.45, 7) is 2.12. The van der Waals surface area contributed by atoms with E-state index in [1.807, 2.05) is 17.9 Å². The first-order valence-electron chi connectivity index (χ1n) is 7.70. The minimum absolute atomic E-state index is 0.0619. The van der Waals surface area contributed by atoms with Crippen LogP contribution >= 0.6 is 0 Å². The number of hydrogen-bond donors (Lipinski definition) is 1. The lowest BCUT2D eigenvalue weighted by Gasteiger charge is -2.31. The second-order valence-corrected chi connectivity index (χ2v) is 6.29. The van der Waals surface area contributed by atoms with Crippen LogP contribution in [-0.2, 0) is 7.05 Å². The average Bonchev–Trinajstić information content (AvgIpc) is 2.79. The second-order valence-electron chi connectivity index (χ2n) is 6.29. The normalized spacial score (nSPS) is 30.4. The van der Waals surface area contributed by atoms with Crippen molar-refractivity contribution < 1.29 is 5.11 Å². The summed E-state index contributed by atoms with van der Waals surface area (Å²) in [5, 5.41) is 14.0. The van der Waals surface area contributed by atoms with Crippen molar-refractivity contribution in [3.63, 3.8) is 0 Å². The lowest BCUT2D eigenvalue weighted by molar-refractivity contribution is 0.0978. The van der Waals surface area contributed by atoms with Crippen LogP contribution < -0.4 is 0 Å². The van der Waals surface area contributed by atoms with Gasteiger partial charge in [-0.1, -0.05) is 18.2 Å². The molecule has 1 N–H and O–H groups in total.